The molecular weight excluding hydrogens is 228 g/mol. The van der Waals surface area contributed by atoms with Gasteiger partial charge in [0.25, 0.3) is 0 Å². The normalized spacial score (nSPS) is 10.2. The van der Waals surface area contributed by atoms with Crippen LogP contribution in [0.1, 0.15) is 27.2 Å². The van der Waals surface area contributed by atoms with Gasteiger partial charge in [0.05, 0.1) is 0 Å². The minimum absolute atomic E-state index is 0.0529. The predicted molar refractivity (Wildman–Crippen MR) is 72.4 cm³/mol. The van der Waals surface area contributed by atoms with Crippen LogP contribution in [0.3, 0.4) is 0 Å². The molecule has 0 aliphatic heterocycles. The second-order valence-corrected chi connectivity index (χ2v) is 4.37. The number of carbonyl (C=O) groups excluding carboxylic acids is 2. The van der Waals surface area contributed by atoms with Crippen molar-refractivity contribution >= 4 is 17.5 Å². The average molecular weight is 248 g/mol. The molecule has 98 valence electrons. The van der Waals surface area contributed by atoms with Crippen molar-refractivity contribution in [2.24, 2.45) is 0 Å². The molecule has 0 aliphatic carbocycles. The van der Waals surface area contributed by atoms with Gasteiger partial charge < -0.3 is 10.2 Å². The summed E-state index contributed by atoms with van der Waals surface area (Å²) in [5.74, 6) is -0.411. The summed E-state index contributed by atoms with van der Waals surface area (Å²) in [5.41, 5.74) is 0.822. The first-order chi connectivity index (χ1) is 8.54. The van der Waals surface area contributed by atoms with E-state index < -0.39 is 0 Å². The molecule has 1 aromatic rings. The predicted octanol–water partition coefficient (Wildman–Crippen LogP) is 1.95. The fourth-order valence-electron chi connectivity index (χ4n) is 1.72. The van der Waals surface area contributed by atoms with Crippen molar-refractivity contribution in [2.75, 3.05) is 11.4 Å². The molecule has 0 unspecified atom stereocenters. The third-order valence-corrected chi connectivity index (χ3v) is 2.45. The maximum atomic E-state index is 12.0. The number of carbonyl (C=O) groups is 2. The van der Waals surface area contributed by atoms with E-state index in [2.05, 4.69) is 5.32 Å². The van der Waals surface area contributed by atoms with Crippen molar-refractivity contribution in [3.8, 4) is 0 Å². The van der Waals surface area contributed by atoms with E-state index in [1.54, 1.807) is 4.90 Å². The average Bonchev–Trinajstić information content (AvgIpc) is 2.29. The first kappa shape index (κ1) is 14.2. The van der Waals surface area contributed by atoms with E-state index in [0.717, 1.165) is 5.69 Å². The fraction of sp³-hybridized carbons (Fsp3) is 0.429. The van der Waals surface area contributed by atoms with Gasteiger partial charge >= 0.3 is 0 Å². The van der Waals surface area contributed by atoms with Crippen LogP contribution in [0.2, 0.25) is 0 Å². The van der Waals surface area contributed by atoms with Gasteiger partial charge in [0, 0.05) is 18.3 Å². The standard InChI is InChI=1S/C14H20N2O2/c1-4-16(12-8-6-5-7-9-12)14(18)10-13(17)15-11(2)3/h5-9,11H,4,10H2,1-3H3,(H,15,17). The highest BCUT2D eigenvalue weighted by Gasteiger charge is 2.17. The zero-order valence-electron chi connectivity index (χ0n) is 11.1. The first-order valence-corrected chi connectivity index (χ1v) is 6.19. The Bertz CT molecular complexity index is 402. The lowest BCUT2D eigenvalue weighted by atomic mass is 10.2. The van der Waals surface area contributed by atoms with E-state index in [4.69, 9.17) is 0 Å². The molecule has 1 rings (SSSR count). The molecule has 0 bridgehead atoms. The zero-order chi connectivity index (χ0) is 13.5. The van der Waals surface area contributed by atoms with Crippen molar-refractivity contribution in [1.29, 1.82) is 0 Å². The summed E-state index contributed by atoms with van der Waals surface area (Å²) in [6.07, 6.45) is -0.110. The van der Waals surface area contributed by atoms with Gasteiger partial charge in [-0.1, -0.05) is 18.2 Å². The third kappa shape index (κ3) is 4.20. The number of amides is 2. The van der Waals surface area contributed by atoms with E-state index in [9.17, 15) is 9.59 Å². The number of benzene rings is 1. The van der Waals surface area contributed by atoms with Gasteiger partial charge in [-0.05, 0) is 32.9 Å². The van der Waals surface area contributed by atoms with Gasteiger partial charge in [0.15, 0.2) is 0 Å². The number of para-hydroxylation sites is 1. The second-order valence-electron chi connectivity index (χ2n) is 4.37. The van der Waals surface area contributed by atoms with Gasteiger partial charge in [0.2, 0.25) is 11.8 Å². The Morgan fingerprint density at radius 3 is 2.33 bits per heavy atom. The van der Waals surface area contributed by atoms with Crippen LogP contribution in [-0.4, -0.2) is 24.4 Å². The van der Waals surface area contributed by atoms with Crippen LogP contribution in [0, 0.1) is 0 Å². The maximum absolute atomic E-state index is 12.0. The van der Waals surface area contributed by atoms with Crippen LogP contribution in [0.5, 0.6) is 0 Å². The van der Waals surface area contributed by atoms with E-state index in [1.807, 2.05) is 51.1 Å². The van der Waals surface area contributed by atoms with Gasteiger partial charge in [-0.25, -0.2) is 0 Å². The quantitative estimate of drug-likeness (QED) is 0.810. The van der Waals surface area contributed by atoms with Crippen molar-refractivity contribution in [1.82, 2.24) is 5.32 Å². The van der Waals surface area contributed by atoms with Crippen LogP contribution in [0.4, 0.5) is 5.69 Å². The van der Waals surface area contributed by atoms with Crippen LogP contribution < -0.4 is 10.2 Å². The summed E-state index contributed by atoms with van der Waals surface area (Å²) >= 11 is 0. The minimum Gasteiger partial charge on any atom is -0.353 e. The molecule has 1 aromatic carbocycles. The number of hydrogen-bond donors (Lipinski definition) is 1. The van der Waals surface area contributed by atoms with Gasteiger partial charge in [-0.2, -0.15) is 0 Å². The summed E-state index contributed by atoms with van der Waals surface area (Å²) in [6, 6.07) is 9.42. The summed E-state index contributed by atoms with van der Waals surface area (Å²) < 4.78 is 0. The molecule has 4 heteroatoms. The molecule has 0 fully saturated rings. The van der Waals surface area contributed by atoms with Gasteiger partial charge in [0.1, 0.15) is 6.42 Å². The molecule has 2 amide bonds. The number of anilines is 1. The van der Waals surface area contributed by atoms with Crippen molar-refractivity contribution in [3.63, 3.8) is 0 Å². The number of nitrogens with zero attached hydrogens (tertiary/aromatic N) is 1. The highest BCUT2D eigenvalue weighted by Crippen LogP contribution is 2.13. The molecule has 0 radical (unpaired) electrons. The Hall–Kier alpha value is -1.84. The first-order valence-electron chi connectivity index (χ1n) is 6.19. The highest BCUT2D eigenvalue weighted by molar-refractivity contribution is 6.04. The van der Waals surface area contributed by atoms with Crippen LogP contribution in [-0.2, 0) is 9.59 Å². The van der Waals surface area contributed by atoms with Crippen molar-refractivity contribution in [2.45, 2.75) is 33.2 Å². The molecule has 0 aliphatic rings. The zero-order valence-corrected chi connectivity index (χ0v) is 11.1. The molecule has 4 nitrogen and oxygen atoms in total. The monoisotopic (exact) mass is 248 g/mol. The molecule has 0 heterocycles. The minimum atomic E-state index is -0.232. The molecule has 0 saturated carbocycles. The Morgan fingerprint density at radius 1 is 1.22 bits per heavy atom. The highest BCUT2D eigenvalue weighted by atomic mass is 16.2. The lowest BCUT2D eigenvalue weighted by molar-refractivity contribution is -0.128. The Balaban J connectivity index is 2.66. The lowest BCUT2D eigenvalue weighted by Crippen LogP contribution is -2.37. The van der Waals surface area contributed by atoms with E-state index in [-0.39, 0.29) is 24.3 Å². The molecule has 0 atom stereocenters. The third-order valence-electron chi connectivity index (χ3n) is 2.45. The van der Waals surface area contributed by atoms with E-state index in [0.29, 0.717) is 6.54 Å². The molecule has 18 heavy (non-hydrogen) atoms. The van der Waals surface area contributed by atoms with Gasteiger partial charge in [-0.15, -0.1) is 0 Å². The SMILES string of the molecule is CCN(C(=O)CC(=O)NC(C)C)c1ccccc1. The Kier molecular flexibility index (Phi) is 5.36. The van der Waals surface area contributed by atoms with E-state index >= 15 is 0 Å². The summed E-state index contributed by atoms with van der Waals surface area (Å²) in [5, 5.41) is 2.72. The molecule has 0 spiro atoms. The summed E-state index contributed by atoms with van der Waals surface area (Å²) in [7, 11) is 0. The largest absolute Gasteiger partial charge is 0.353 e. The summed E-state index contributed by atoms with van der Waals surface area (Å²) in [4.78, 5) is 25.2. The maximum Gasteiger partial charge on any atom is 0.236 e. The fourth-order valence-corrected chi connectivity index (χ4v) is 1.72. The number of nitrogens with one attached hydrogen (secondary N) is 1. The van der Waals surface area contributed by atoms with E-state index in [1.165, 1.54) is 0 Å². The molecule has 0 saturated heterocycles. The van der Waals surface area contributed by atoms with Crippen LogP contribution in [0.15, 0.2) is 30.3 Å². The van der Waals surface area contributed by atoms with Crippen LogP contribution in [0.25, 0.3) is 0 Å². The van der Waals surface area contributed by atoms with Crippen molar-refractivity contribution < 1.29 is 9.59 Å². The summed E-state index contributed by atoms with van der Waals surface area (Å²) in [6.45, 7) is 6.19. The Labute approximate surface area is 108 Å². The molecule has 0 aromatic heterocycles. The lowest BCUT2D eigenvalue weighted by Gasteiger charge is -2.21. The van der Waals surface area contributed by atoms with Crippen molar-refractivity contribution in [3.05, 3.63) is 30.3 Å². The second kappa shape index (κ2) is 6.79. The molecular formula is C14H20N2O2. The number of rotatable bonds is 5. The molecule has 1 N–H and O–H groups in total. The Morgan fingerprint density at radius 2 is 1.83 bits per heavy atom. The van der Waals surface area contributed by atoms with Crippen LogP contribution >= 0.6 is 0 Å². The topological polar surface area (TPSA) is 49.4 Å². The van der Waals surface area contributed by atoms with Gasteiger partial charge in [-0.3, -0.25) is 9.59 Å². The smallest absolute Gasteiger partial charge is 0.236 e. The number of hydrogen-bond acceptors (Lipinski definition) is 2.